The maximum absolute atomic E-state index is 5.90. The molecule has 0 saturated heterocycles. The van der Waals surface area contributed by atoms with Crippen molar-refractivity contribution in [1.82, 2.24) is 0 Å². The Kier molecular flexibility index (Phi) is 2.65. The Morgan fingerprint density at radius 1 is 1.21 bits per heavy atom. The number of aliphatic imine (C=N–C) groups is 1. The van der Waals surface area contributed by atoms with Gasteiger partial charge in [-0.2, -0.15) is 0 Å². The SMILES string of the molecule is C=Nc1c(N)c(N)cc(C(C)C)c1N. The van der Waals surface area contributed by atoms with Gasteiger partial charge in [-0.1, -0.05) is 13.8 Å². The molecule has 0 fully saturated rings. The fourth-order valence-corrected chi connectivity index (χ4v) is 1.39. The van der Waals surface area contributed by atoms with Crippen molar-refractivity contribution < 1.29 is 0 Å². The maximum Gasteiger partial charge on any atom is 0.110 e. The van der Waals surface area contributed by atoms with Gasteiger partial charge in [0, 0.05) is 0 Å². The smallest absolute Gasteiger partial charge is 0.110 e. The zero-order valence-corrected chi connectivity index (χ0v) is 8.54. The summed E-state index contributed by atoms with van der Waals surface area (Å²) in [5.41, 5.74) is 20.3. The molecule has 1 rings (SSSR count). The first kappa shape index (κ1) is 10.4. The number of rotatable bonds is 2. The van der Waals surface area contributed by atoms with Crippen molar-refractivity contribution in [1.29, 1.82) is 0 Å². The largest absolute Gasteiger partial charge is 0.397 e. The minimum Gasteiger partial charge on any atom is -0.397 e. The highest BCUT2D eigenvalue weighted by Gasteiger charge is 2.13. The van der Waals surface area contributed by atoms with Crippen LogP contribution in [0.4, 0.5) is 22.7 Å². The summed E-state index contributed by atoms with van der Waals surface area (Å²) < 4.78 is 0. The summed E-state index contributed by atoms with van der Waals surface area (Å²) in [6.07, 6.45) is 0. The summed E-state index contributed by atoms with van der Waals surface area (Å²) in [4.78, 5) is 3.79. The van der Waals surface area contributed by atoms with Crippen LogP contribution in [0.25, 0.3) is 0 Å². The topological polar surface area (TPSA) is 90.4 Å². The van der Waals surface area contributed by atoms with E-state index in [1.165, 1.54) is 0 Å². The fraction of sp³-hybridized carbons (Fsp3) is 0.300. The second-order valence-electron chi connectivity index (χ2n) is 3.54. The molecule has 4 nitrogen and oxygen atoms in total. The van der Waals surface area contributed by atoms with Crippen molar-refractivity contribution >= 4 is 29.5 Å². The monoisotopic (exact) mass is 192 g/mol. The second kappa shape index (κ2) is 3.57. The van der Waals surface area contributed by atoms with E-state index in [9.17, 15) is 0 Å². The molecule has 4 heteroatoms. The van der Waals surface area contributed by atoms with E-state index in [-0.39, 0.29) is 0 Å². The molecule has 0 saturated carbocycles. The molecule has 0 amide bonds. The summed E-state index contributed by atoms with van der Waals surface area (Å²) in [7, 11) is 0. The van der Waals surface area contributed by atoms with Crippen LogP contribution in [0.1, 0.15) is 25.3 Å². The van der Waals surface area contributed by atoms with Gasteiger partial charge in [-0.25, -0.2) is 0 Å². The summed E-state index contributed by atoms with van der Waals surface area (Å²) in [6, 6.07) is 1.80. The summed E-state index contributed by atoms with van der Waals surface area (Å²) in [6.45, 7) is 7.50. The van der Waals surface area contributed by atoms with Crippen LogP contribution in [0.3, 0.4) is 0 Å². The van der Waals surface area contributed by atoms with Crippen molar-refractivity contribution in [2.24, 2.45) is 4.99 Å². The highest BCUT2D eigenvalue weighted by molar-refractivity contribution is 5.88. The number of hydrogen-bond donors (Lipinski definition) is 3. The van der Waals surface area contributed by atoms with Crippen LogP contribution in [-0.2, 0) is 0 Å². The Morgan fingerprint density at radius 2 is 1.79 bits per heavy atom. The predicted molar refractivity (Wildman–Crippen MR) is 63.0 cm³/mol. The summed E-state index contributed by atoms with van der Waals surface area (Å²) in [5.74, 6) is 0.290. The quantitative estimate of drug-likeness (QED) is 0.493. The minimum absolute atomic E-state index is 0.290. The molecule has 0 bridgehead atoms. The van der Waals surface area contributed by atoms with Gasteiger partial charge >= 0.3 is 0 Å². The van der Waals surface area contributed by atoms with E-state index in [0.717, 1.165) is 5.56 Å². The van der Waals surface area contributed by atoms with E-state index < -0.39 is 0 Å². The molecule has 0 spiro atoms. The molecule has 0 atom stereocenters. The van der Waals surface area contributed by atoms with Crippen LogP contribution >= 0.6 is 0 Å². The number of nitrogen functional groups attached to an aromatic ring is 3. The first-order valence-electron chi connectivity index (χ1n) is 4.43. The van der Waals surface area contributed by atoms with Crippen LogP contribution in [0.15, 0.2) is 11.1 Å². The summed E-state index contributed by atoms with van der Waals surface area (Å²) >= 11 is 0. The van der Waals surface area contributed by atoms with Crippen molar-refractivity contribution in [3.05, 3.63) is 11.6 Å². The lowest BCUT2D eigenvalue weighted by molar-refractivity contribution is 0.871. The number of nitrogens with two attached hydrogens (primary N) is 3. The van der Waals surface area contributed by atoms with Crippen LogP contribution in [0, 0.1) is 0 Å². The van der Waals surface area contributed by atoms with Crippen molar-refractivity contribution in [3.8, 4) is 0 Å². The number of benzene rings is 1. The van der Waals surface area contributed by atoms with Gasteiger partial charge in [0.1, 0.15) is 5.69 Å². The van der Waals surface area contributed by atoms with Gasteiger partial charge in [0.05, 0.1) is 17.1 Å². The second-order valence-corrected chi connectivity index (χ2v) is 3.54. The Morgan fingerprint density at radius 3 is 2.21 bits per heavy atom. The van der Waals surface area contributed by atoms with Gasteiger partial charge in [0.2, 0.25) is 0 Å². The van der Waals surface area contributed by atoms with Crippen LogP contribution in [0.2, 0.25) is 0 Å². The number of nitrogens with zero attached hydrogens (tertiary/aromatic N) is 1. The first-order valence-corrected chi connectivity index (χ1v) is 4.43. The van der Waals surface area contributed by atoms with Crippen molar-refractivity contribution in [2.45, 2.75) is 19.8 Å². The van der Waals surface area contributed by atoms with E-state index in [2.05, 4.69) is 11.7 Å². The highest BCUT2D eigenvalue weighted by atomic mass is 14.8. The Labute approximate surface area is 83.8 Å². The van der Waals surface area contributed by atoms with Gasteiger partial charge in [-0.3, -0.25) is 4.99 Å². The van der Waals surface area contributed by atoms with Gasteiger partial charge < -0.3 is 17.2 Å². The van der Waals surface area contributed by atoms with Gasteiger partial charge in [-0.15, -0.1) is 0 Å². The fourth-order valence-electron chi connectivity index (χ4n) is 1.39. The lowest BCUT2D eigenvalue weighted by Crippen LogP contribution is -2.03. The molecule has 0 aromatic heterocycles. The zero-order chi connectivity index (χ0) is 10.9. The molecular formula is C10H16N4. The summed E-state index contributed by atoms with van der Waals surface area (Å²) in [5, 5.41) is 0. The van der Waals surface area contributed by atoms with Gasteiger partial charge in [-0.05, 0) is 24.3 Å². The number of hydrogen-bond acceptors (Lipinski definition) is 4. The molecule has 6 N–H and O–H groups in total. The molecule has 0 aliphatic rings. The molecule has 76 valence electrons. The third kappa shape index (κ3) is 1.51. The van der Waals surface area contributed by atoms with Crippen molar-refractivity contribution in [2.75, 3.05) is 17.2 Å². The van der Waals surface area contributed by atoms with Crippen molar-refractivity contribution in [3.63, 3.8) is 0 Å². The normalized spacial score (nSPS) is 10.5. The third-order valence-corrected chi connectivity index (χ3v) is 2.22. The first-order chi connectivity index (χ1) is 6.49. The van der Waals surface area contributed by atoms with E-state index in [4.69, 9.17) is 17.2 Å². The molecule has 1 aromatic carbocycles. The average molecular weight is 192 g/mol. The van der Waals surface area contributed by atoms with Crippen LogP contribution in [0.5, 0.6) is 0 Å². The Balaban J connectivity index is 3.50. The zero-order valence-electron chi connectivity index (χ0n) is 8.54. The lowest BCUT2D eigenvalue weighted by atomic mass is 9.98. The van der Waals surface area contributed by atoms with Gasteiger partial charge in [0.25, 0.3) is 0 Å². The van der Waals surface area contributed by atoms with E-state index in [1.54, 1.807) is 6.07 Å². The molecule has 0 aliphatic carbocycles. The van der Waals surface area contributed by atoms with E-state index in [0.29, 0.717) is 28.7 Å². The molecule has 14 heavy (non-hydrogen) atoms. The van der Waals surface area contributed by atoms with E-state index >= 15 is 0 Å². The van der Waals surface area contributed by atoms with Gasteiger partial charge in [0.15, 0.2) is 0 Å². The predicted octanol–water partition coefficient (Wildman–Crippen LogP) is 1.89. The molecular weight excluding hydrogens is 176 g/mol. The molecule has 0 aliphatic heterocycles. The lowest BCUT2D eigenvalue weighted by Gasteiger charge is -2.15. The average Bonchev–Trinajstić information content (AvgIpc) is 2.12. The highest BCUT2D eigenvalue weighted by Crippen LogP contribution is 2.39. The number of anilines is 3. The Bertz CT molecular complexity index is 369. The molecule has 0 unspecified atom stereocenters. The Hall–Kier alpha value is -1.71. The minimum atomic E-state index is 0.290. The van der Waals surface area contributed by atoms with Crippen LogP contribution < -0.4 is 17.2 Å². The van der Waals surface area contributed by atoms with Crippen LogP contribution in [-0.4, -0.2) is 6.72 Å². The molecule has 0 radical (unpaired) electrons. The molecule has 1 aromatic rings. The molecule has 0 heterocycles. The third-order valence-electron chi connectivity index (χ3n) is 2.22. The standard InChI is InChI=1S/C10H16N4/c1-5(2)6-4-7(11)9(13)10(14-3)8(6)12/h4-5H,3,11-13H2,1-2H3. The van der Waals surface area contributed by atoms with E-state index in [1.807, 2.05) is 13.8 Å². The maximum atomic E-state index is 5.90.